The van der Waals surface area contributed by atoms with E-state index < -0.39 is 0 Å². The molecule has 0 bridgehead atoms. The van der Waals surface area contributed by atoms with Gasteiger partial charge in [0, 0.05) is 6.42 Å². The van der Waals surface area contributed by atoms with E-state index in [-0.39, 0.29) is 0 Å². The molecule has 0 N–H and O–H groups in total. The highest BCUT2D eigenvalue weighted by Gasteiger charge is 2.09. The van der Waals surface area contributed by atoms with Gasteiger partial charge in [0.15, 0.2) is 5.89 Å². The minimum Gasteiger partial charge on any atom is -0.444 e. The molecule has 0 amide bonds. The first-order chi connectivity index (χ1) is 5.81. The second-order valence-corrected chi connectivity index (χ2v) is 2.52. The third-order valence-corrected chi connectivity index (χ3v) is 1.70. The van der Waals surface area contributed by atoms with Crippen LogP contribution < -0.4 is 0 Å². The van der Waals surface area contributed by atoms with Gasteiger partial charge >= 0.3 is 0 Å². The third-order valence-electron chi connectivity index (χ3n) is 1.70. The summed E-state index contributed by atoms with van der Waals surface area (Å²) in [6.45, 7) is 4.00. The quantitative estimate of drug-likeness (QED) is 0.685. The van der Waals surface area contributed by atoms with Gasteiger partial charge in [-0.15, -0.1) is 0 Å². The fourth-order valence-electron chi connectivity index (χ4n) is 1.07. The van der Waals surface area contributed by atoms with Crippen LogP contribution in [0.1, 0.15) is 31.2 Å². The van der Waals surface area contributed by atoms with Crippen LogP contribution in [0.3, 0.4) is 0 Å². The Kier molecular flexibility index (Phi) is 2.87. The van der Waals surface area contributed by atoms with Crippen molar-refractivity contribution in [2.45, 2.75) is 33.1 Å². The first-order valence-electron chi connectivity index (χ1n) is 4.16. The predicted octanol–water partition coefficient (Wildman–Crippen LogP) is 1.87. The zero-order chi connectivity index (χ0) is 8.97. The van der Waals surface area contributed by atoms with Gasteiger partial charge in [0.05, 0.1) is 18.2 Å². The molecule has 1 heterocycles. The molecule has 0 unspecified atom stereocenters. The summed E-state index contributed by atoms with van der Waals surface area (Å²) in [6, 6.07) is 2.06. The SMILES string of the molecule is CCc1nc(CC)c(CC#N)o1. The zero-order valence-electron chi connectivity index (χ0n) is 7.42. The van der Waals surface area contributed by atoms with Crippen molar-refractivity contribution in [3.8, 4) is 6.07 Å². The fraction of sp³-hybridized carbons (Fsp3) is 0.556. The van der Waals surface area contributed by atoms with Crippen molar-refractivity contribution in [1.82, 2.24) is 4.98 Å². The maximum Gasteiger partial charge on any atom is 0.194 e. The summed E-state index contributed by atoms with van der Waals surface area (Å²) in [5.74, 6) is 1.47. The lowest BCUT2D eigenvalue weighted by atomic mass is 10.2. The van der Waals surface area contributed by atoms with E-state index in [1.54, 1.807) is 0 Å². The van der Waals surface area contributed by atoms with Crippen molar-refractivity contribution in [2.75, 3.05) is 0 Å². The molecule has 0 fully saturated rings. The van der Waals surface area contributed by atoms with Crippen LogP contribution in [0.15, 0.2) is 4.42 Å². The molecule has 64 valence electrons. The Hall–Kier alpha value is -1.30. The summed E-state index contributed by atoms with van der Waals surface area (Å²) in [7, 11) is 0. The molecule has 0 aliphatic heterocycles. The number of rotatable bonds is 3. The Morgan fingerprint density at radius 2 is 2.17 bits per heavy atom. The number of nitriles is 1. The first-order valence-corrected chi connectivity index (χ1v) is 4.16. The Bertz CT molecular complexity index is 296. The van der Waals surface area contributed by atoms with E-state index in [1.807, 2.05) is 13.8 Å². The van der Waals surface area contributed by atoms with Crippen LogP contribution >= 0.6 is 0 Å². The van der Waals surface area contributed by atoms with Crippen molar-refractivity contribution < 1.29 is 4.42 Å². The second-order valence-electron chi connectivity index (χ2n) is 2.52. The second kappa shape index (κ2) is 3.91. The van der Waals surface area contributed by atoms with Crippen LogP contribution in [0, 0.1) is 11.3 Å². The number of aromatic nitrogens is 1. The molecule has 0 spiro atoms. The number of hydrogen-bond donors (Lipinski definition) is 0. The van der Waals surface area contributed by atoms with Crippen molar-refractivity contribution >= 4 is 0 Å². The Morgan fingerprint density at radius 1 is 1.42 bits per heavy atom. The van der Waals surface area contributed by atoms with Crippen LogP contribution in [0.4, 0.5) is 0 Å². The lowest BCUT2D eigenvalue weighted by Crippen LogP contribution is -1.87. The maximum absolute atomic E-state index is 8.48. The molecule has 0 aliphatic carbocycles. The minimum absolute atomic E-state index is 0.330. The number of oxazole rings is 1. The van der Waals surface area contributed by atoms with E-state index in [1.165, 1.54) is 0 Å². The van der Waals surface area contributed by atoms with Crippen molar-refractivity contribution in [3.05, 3.63) is 17.3 Å². The molecule has 0 saturated heterocycles. The molecule has 3 heteroatoms. The van der Waals surface area contributed by atoms with Gasteiger partial charge in [-0.1, -0.05) is 13.8 Å². The summed E-state index contributed by atoms with van der Waals surface area (Å²) in [6.07, 6.45) is 1.95. The maximum atomic E-state index is 8.48. The Labute approximate surface area is 72.0 Å². The molecule has 0 radical (unpaired) electrons. The molecule has 0 aliphatic rings. The average molecular weight is 164 g/mol. The summed E-state index contributed by atoms with van der Waals surface area (Å²) >= 11 is 0. The topological polar surface area (TPSA) is 49.8 Å². The number of nitrogens with zero attached hydrogens (tertiary/aromatic N) is 2. The number of aryl methyl sites for hydroxylation is 2. The monoisotopic (exact) mass is 164 g/mol. The number of hydrogen-bond acceptors (Lipinski definition) is 3. The van der Waals surface area contributed by atoms with E-state index in [2.05, 4.69) is 11.1 Å². The van der Waals surface area contributed by atoms with Gasteiger partial charge in [-0.25, -0.2) is 4.98 Å². The largest absolute Gasteiger partial charge is 0.444 e. The van der Waals surface area contributed by atoms with Crippen LogP contribution in [-0.4, -0.2) is 4.98 Å². The van der Waals surface area contributed by atoms with Gasteiger partial charge in [-0.3, -0.25) is 0 Å². The zero-order valence-corrected chi connectivity index (χ0v) is 7.42. The summed E-state index contributed by atoms with van der Waals surface area (Å²) in [5.41, 5.74) is 0.924. The molecular weight excluding hydrogens is 152 g/mol. The van der Waals surface area contributed by atoms with E-state index in [0.29, 0.717) is 6.42 Å². The lowest BCUT2D eigenvalue weighted by Gasteiger charge is -1.88. The lowest BCUT2D eigenvalue weighted by molar-refractivity contribution is 0.468. The first kappa shape index (κ1) is 8.79. The van der Waals surface area contributed by atoms with Gasteiger partial charge in [-0.05, 0) is 6.42 Å². The van der Waals surface area contributed by atoms with Crippen LogP contribution in [0.25, 0.3) is 0 Å². The van der Waals surface area contributed by atoms with Crippen molar-refractivity contribution in [1.29, 1.82) is 5.26 Å². The molecule has 0 aromatic carbocycles. The van der Waals surface area contributed by atoms with Crippen LogP contribution in [0.5, 0.6) is 0 Å². The highest BCUT2D eigenvalue weighted by Crippen LogP contribution is 2.12. The predicted molar refractivity (Wildman–Crippen MR) is 44.6 cm³/mol. The average Bonchev–Trinajstić information content (AvgIpc) is 2.48. The van der Waals surface area contributed by atoms with Gasteiger partial charge in [0.2, 0.25) is 0 Å². The summed E-state index contributed by atoms with van der Waals surface area (Å²) in [5, 5.41) is 8.48. The van der Waals surface area contributed by atoms with E-state index >= 15 is 0 Å². The third kappa shape index (κ3) is 1.65. The smallest absolute Gasteiger partial charge is 0.194 e. The Morgan fingerprint density at radius 3 is 2.67 bits per heavy atom. The minimum atomic E-state index is 0.330. The molecule has 3 nitrogen and oxygen atoms in total. The highest BCUT2D eigenvalue weighted by atomic mass is 16.4. The molecule has 1 aromatic rings. The van der Waals surface area contributed by atoms with Gasteiger partial charge in [0.25, 0.3) is 0 Å². The normalized spacial score (nSPS) is 9.75. The van der Waals surface area contributed by atoms with E-state index in [4.69, 9.17) is 9.68 Å². The van der Waals surface area contributed by atoms with Crippen LogP contribution in [-0.2, 0) is 19.3 Å². The highest BCUT2D eigenvalue weighted by molar-refractivity contribution is 5.13. The van der Waals surface area contributed by atoms with E-state index in [9.17, 15) is 0 Å². The summed E-state index contributed by atoms with van der Waals surface area (Å²) in [4.78, 5) is 4.25. The van der Waals surface area contributed by atoms with Crippen LogP contribution in [0.2, 0.25) is 0 Å². The standard InChI is InChI=1S/C9H12N2O/c1-3-7-8(5-6-10)12-9(4-2)11-7/h3-5H2,1-2H3. The molecule has 0 atom stereocenters. The van der Waals surface area contributed by atoms with Gasteiger partial charge in [-0.2, -0.15) is 5.26 Å². The molecule has 1 aromatic heterocycles. The van der Waals surface area contributed by atoms with Crippen molar-refractivity contribution in [2.24, 2.45) is 0 Å². The molecular formula is C9H12N2O. The molecule has 0 saturated carbocycles. The Balaban J connectivity index is 2.93. The fourth-order valence-corrected chi connectivity index (χ4v) is 1.07. The molecule has 1 rings (SSSR count). The van der Waals surface area contributed by atoms with Gasteiger partial charge in [0.1, 0.15) is 5.76 Å². The molecule has 12 heavy (non-hydrogen) atoms. The summed E-state index contributed by atoms with van der Waals surface area (Å²) < 4.78 is 5.36. The van der Waals surface area contributed by atoms with E-state index in [0.717, 1.165) is 30.2 Å². The van der Waals surface area contributed by atoms with Gasteiger partial charge < -0.3 is 4.42 Å². The van der Waals surface area contributed by atoms with Crippen molar-refractivity contribution in [3.63, 3.8) is 0 Å².